The lowest BCUT2D eigenvalue weighted by Crippen LogP contribution is -2.49. The van der Waals surface area contributed by atoms with Crippen molar-refractivity contribution in [2.75, 3.05) is 0 Å². The van der Waals surface area contributed by atoms with Gasteiger partial charge in [-0.15, -0.1) is 0 Å². The zero-order chi connectivity index (χ0) is 17.4. The van der Waals surface area contributed by atoms with Crippen LogP contribution >= 0.6 is 0 Å². The van der Waals surface area contributed by atoms with E-state index >= 15 is 0 Å². The van der Waals surface area contributed by atoms with Crippen LogP contribution in [0.1, 0.15) is 44.0 Å². The number of amides is 1. The van der Waals surface area contributed by atoms with E-state index in [0.29, 0.717) is 24.2 Å². The fraction of sp³-hybridized carbons (Fsp3) is 0.471. The summed E-state index contributed by atoms with van der Waals surface area (Å²) in [6, 6.07) is 5.44. The van der Waals surface area contributed by atoms with Gasteiger partial charge in [-0.25, -0.2) is 4.79 Å². The largest absolute Gasteiger partial charge is 0.481 e. The summed E-state index contributed by atoms with van der Waals surface area (Å²) in [6.45, 7) is 5.43. The van der Waals surface area contributed by atoms with Crippen molar-refractivity contribution >= 4 is 18.2 Å². The minimum absolute atomic E-state index is 0.180. The standard InChI is InChI=1S/C17H23NO5/c1-4-11(3)15(17(21)22)18-16(20)14(5-2)23-13-8-6-12(10-19)7-9-13/h6-11,14-15H,4-5H2,1-3H3,(H,18,20)(H,21,22). The van der Waals surface area contributed by atoms with E-state index in [2.05, 4.69) is 5.32 Å². The molecule has 0 aliphatic carbocycles. The maximum atomic E-state index is 12.3. The molecule has 1 aromatic carbocycles. The van der Waals surface area contributed by atoms with Crippen molar-refractivity contribution in [2.45, 2.75) is 45.8 Å². The number of nitrogens with one attached hydrogen (secondary N) is 1. The Morgan fingerprint density at radius 2 is 1.83 bits per heavy atom. The third-order valence-electron chi connectivity index (χ3n) is 3.73. The number of rotatable bonds is 9. The van der Waals surface area contributed by atoms with Gasteiger partial charge in [0.05, 0.1) is 0 Å². The van der Waals surface area contributed by atoms with Gasteiger partial charge in [-0.05, 0) is 36.6 Å². The molecule has 1 aromatic rings. The van der Waals surface area contributed by atoms with Crippen LogP contribution in [0.15, 0.2) is 24.3 Å². The molecule has 126 valence electrons. The molecule has 0 aliphatic rings. The molecule has 0 spiro atoms. The Labute approximate surface area is 135 Å². The Morgan fingerprint density at radius 3 is 2.26 bits per heavy atom. The lowest BCUT2D eigenvalue weighted by Gasteiger charge is -2.23. The molecule has 6 nitrogen and oxygen atoms in total. The van der Waals surface area contributed by atoms with Crippen LogP contribution in [-0.2, 0) is 9.59 Å². The highest BCUT2D eigenvalue weighted by Crippen LogP contribution is 2.15. The molecule has 0 radical (unpaired) electrons. The van der Waals surface area contributed by atoms with Gasteiger partial charge in [-0.3, -0.25) is 9.59 Å². The molecule has 23 heavy (non-hydrogen) atoms. The van der Waals surface area contributed by atoms with Gasteiger partial charge < -0.3 is 15.2 Å². The molecule has 1 amide bonds. The summed E-state index contributed by atoms with van der Waals surface area (Å²) in [5.41, 5.74) is 0.512. The van der Waals surface area contributed by atoms with E-state index < -0.39 is 24.0 Å². The van der Waals surface area contributed by atoms with Gasteiger partial charge in [0.1, 0.15) is 18.1 Å². The molecule has 3 unspecified atom stereocenters. The van der Waals surface area contributed by atoms with Gasteiger partial charge >= 0.3 is 5.97 Å². The molecule has 0 saturated carbocycles. The van der Waals surface area contributed by atoms with Crippen LogP contribution < -0.4 is 10.1 Å². The van der Waals surface area contributed by atoms with Crippen molar-refractivity contribution in [1.82, 2.24) is 5.32 Å². The van der Waals surface area contributed by atoms with E-state index in [-0.39, 0.29) is 5.92 Å². The average Bonchev–Trinajstić information content (AvgIpc) is 2.56. The molecule has 6 heteroatoms. The lowest BCUT2D eigenvalue weighted by atomic mass is 9.99. The van der Waals surface area contributed by atoms with Crippen molar-refractivity contribution in [3.05, 3.63) is 29.8 Å². The maximum Gasteiger partial charge on any atom is 0.326 e. The van der Waals surface area contributed by atoms with Crippen LogP contribution in [-0.4, -0.2) is 35.4 Å². The van der Waals surface area contributed by atoms with Gasteiger partial charge in [-0.1, -0.05) is 27.2 Å². The smallest absolute Gasteiger partial charge is 0.326 e. The first-order valence-electron chi connectivity index (χ1n) is 7.67. The summed E-state index contributed by atoms with van der Waals surface area (Å²) in [5.74, 6) is -1.24. The predicted molar refractivity (Wildman–Crippen MR) is 85.6 cm³/mol. The van der Waals surface area contributed by atoms with Crippen molar-refractivity contribution in [2.24, 2.45) is 5.92 Å². The van der Waals surface area contributed by atoms with Crippen molar-refractivity contribution in [1.29, 1.82) is 0 Å². The number of hydrogen-bond acceptors (Lipinski definition) is 4. The van der Waals surface area contributed by atoms with Gasteiger partial charge in [0.25, 0.3) is 5.91 Å². The average molecular weight is 321 g/mol. The second-order valence-corrected chi connectivity index (χ2v) is 5.41. The summed E-state index contributed by atoms with van der Waals surface area (Å²) in [5, 5.41) is 11.8. The first-order valence-corrected chi connectivity index (χ1v) is 7.67. The van der Waals surface area contributed by atoms with Crippen molar-refractivity contribution in [3.63, 3.8) is 0 Å². The molecule has 2 N–H and O–H groups in total. The maximum absolute atomic E-state index is 12.3. The molecule has 0 aliphatic heterocycles. The Morgan fingerprint density at radius 1 is 1.22 bits per heavy atom. The zero-order valence-electron chi connectivity index (χ0n) is 13.6. The normalized spacial score (nSPS) is 14.4. The van der Waals surface area contributed by atoms with Crippen LogP contribution in [0, 0.1) is 5.92 Å². The Bertz CT molecular complexity index is 540. The van der Waals surface area contributed by atoms with E-state index in [1.54, 1.807) is 38.1 Å². The molecule has 0 aromatic heterocycles. The van der Waals surface area contributed by atoms with Gasteiger partial charge in [-0.2, -0.15) is 0 Å². The van der Waals surface area contributed by atoms with Crippen molar-refractivity contribution in [3.8, 4) is 5.75 Å². The van der Waals surface area contributed by atoms with E-state index in [0.717, 1.165) is 6.29 Å². The lowest BCUT2D eigenvalue weighted by molar-refractivity contribution is -0.144. The number of carbonyl (C=O) groups is 3. The Balaban J connectivity index is 2.76. The number of carboxylic acid groups (broad SMARTS) is 1. The summed E-state index contributed by atoms with van der Waals surface area (Å²) >= 11 is 0. The molecule has 1 rings (SSSR count). The number of hydrogen-bond donors (Lipinski definition) is 2. The highest BCUT2D eigenvalue weighted by Gasteiger charge is 2.28. The van der Waals surface area contributed by atoms with Gasteiger partial charge in [0.15, 0.2) is 6.10 Å². The van der Waals surface area contributed by atoms with Gasteiger partial charge in [0, 0.05) is 5.56 Å². The third kappa shape index (κ3) is 5.39. The Hall–Kier alpha value is -2.37. The SMILES string of the molecule is CCC(Oc1ccc(C=O)cc1)C(=O)NC(C(=O)O)C(C)CC. The number of carboxylic acids is 1. The Kier molecular flexibility index (Phi) is 7.25. The van der Waals surface area contributed by atoms with Crippen LogP contribution in [0.5, 0.6) is 5.75 Å². The number of carbonyl (C=O) groups excluding carboxylic acids is 2. The number of aliphatic carboxylic acids is 1. The minimum Gasteiger partial charge on any atom is -0.481 e. The molecule has 3 atom stereocenters. The molecular weight excluding hydrogens is 298 g/mol. The van der Waals surface area contributed by atoms with E-state index in [1.807, 2.05) is 6.92 Å². The minimum atomic E-state index is -1.06. The fourth-order valence-electron chi connectivity index (χ4n) is 2.04. The second kappa shape index (κ2) is 8.92. The van der Waals surface area contributed by atoms with Gasteiger partial charge in [0.2, 0.25) is 0 Å². The van der Waals surface area contributed by atoms with E-state index in [4.69, 9.17) is 4.74 Å². The van der Waals surface area contributed by atoms with Crippen LogP contribution in [0.3, 0.4) is 0 Å². The predicted octanol–water partition coefficient (Wildman–Crippen LogP) is 2.27. The summed E-state index contributed by atoms with van der Waals surface area (Å²) in [6.07, 6.45) is 0.969. The molecule has 0 saturated heterocycles. The highest BCUT2D eigenvalue weighted by molar-refractivity contribution is 5.86. The third-order valence-corrected chi connectivity index (χ3v) is 3.73. The van der Waals surface area contributed by atoms with Crippen LogP contribution in [0.2, 0.25) is 0 Å². The first-order chi connectivity index (χ1) is 10.9. The highest BCUT2D eigenvalue weighted by atomic mass is 16.5. The van der Waals surface area contributed by atoms with E-state index in [1.165, 1.54) is 0 Å². The zero-order valence-corrected chi connectivity index (χ0v) is 13.6. The molecular formula is C17H23NO5. The second-order valence-electron chi connectivity index (χ2n) is 5.41. The summed E-state index contributed by atoms with van der Waals surface area (Å²) in [7, 11) is 0. The van der Waals surface area contributed by atoms with E-state index in [9.17, 15) is 19.5 Å². The number of ether oxygens (including phenoxy) is 1. The quantitative estimate of drug-likeness (QED) is 0.681. The summed E-state index contributed by atoms with van der Waals surface area (Å²) in [4.78, 5) is 34.2. The van der Waals surface area contributed by atoms with Crippen LogP contribution in [0.25, 0.3) is 0 Å². The molecule has 0 heterocycles. The topological polar surface area (TPSA) is 92.7 Å². The fourth-order valence-corrected chi connectivity index (χ4v) is 2.04. The monoisotopic (exact) mass is 321 g/mol. The first kappa shape index (κ1) is 18.7. The number of benzene rings is 1. The molecule has 0 fully saturated rings. The number of aldehydes is 1. The summed E-state index contributed by atoms with van der Waals surface area (Å²) < 4.78 is 5.60. The molecule has 0 bridgehead atoms. The van der Waals surface area contributed by atoms with Crippen molar-refractivity contribution < 1.29 is 24.2 Å². The van der Waals surface area contributed by atoms with Crippen LogP contribution in [0.4, 0.5) is 0 Å².